The summed E-state index contributed by atoms with van der Waals surface area (Å²) in [6, 6.07) is 6.43. The van der Waals surface area contributed by atoms with E-state index in [9.17, 15) is 0 Å². The van der Waals surface area contributed by atoms with Crippen molar-refractivity contribution in [2.75, 3.05) is 0 Å². The molecule has 2 N–H and O–H groups in total. The van der Waals surface area contributed by atoms with Crippen LogP contribution in [0.15, 0.2) is 18.2 Å². The molecule has 0 bridgehead atoms. The molecule has 1 aromatic heterocycles. The summed E-state index contributed by atoms with van der Waals surface area (Å²) in [4.78, 5) is 4.50. The van der Waals surface area contributed by atoms with E-state index in [1.165, 1.54) is 0 Å². The Labute approximate surface area is 79.2 Å². The van der Waals surface area contributed by atoms with Gasteiger partial charge in [0.1, 0.15) is 0 Å². The number of rotatable bonds is 1. The van der Waals surface area contributed by atoms with E-state index < -0.39 is 0 Å². The molecule has 13 heavy (non-hydrogen) atoms. The Morgan fingerprint density at radius 2 is 2.00 bits per heavy atom. The molecule has 0 spiro atoms. The predicted octanol–water partition coefficient (Wildman–Crippen LogP) is 1.84. The molecule has 2 nitrogen and oxygen atoms in total. The summed E-state index contributed by atoms with van der Waals surface area (Å²) in [5.74, 6) is 0.451. The smallest absolute Gasteiger partial charge is 0.0459 e. The summed E-state index contributed by atoms with van der Waals surface area (Å²) in [6.07, 6.45) is 0. The van der Waals surface area contributed by atoms with Gasteiger partial charge in [0.15, 0.2) is 0 Å². The fourth-order valence-electron chi connectivity index (χ4n) is 1.98. The van der Waals surface area contributed by atoms with E-state index in [1.54, 1.807) is 0 Å². The maximum atomic E-state index is 5.99. The maximum absolute atomic E-state index is 5.99. The number of nitrogens with two attached hydrogens (primary N) is 1. The van der Waals surface area contributed by atoms with Gasteiger partial charge in [0.2, 0.25) is 0 Å². The van der Waals surface area contributed by atoms with Crippen LogP contribution in [-0.4, -0.2) is 11.0 Å². The average molecular weight is 176 g/mol. The van der Waals surface area contributed by atoms with Crippen molar-refractivity contribution in [3.05, 3.63) is 29.6 Å². The molecule has 0 amide bonds. The van der Waals surface area contributed by atoms with E-state index >= 15 is 0 Å². The van der Waals surface area contributed by atoms with Crippen molar-refractivity contribution in [1.82, 2.24) is 4.98 Å². The molecule has 2 rings (SSSR count). The Balaban J connectivity index is 2.29. The van der Waals surface area contributed by atoms with Crippen molar-refractivity contribution in [3.8, 4) is 0 Å². The van der Waals surface area contributed by atoms with E-state index in [2.05, 4.69) is 31.0 Å². The number of aryl methyl sites for hydroxylation is 1. The zero-order chi connectivity index (χ0) is 9.64. The van der Waals surface area contributed by atoms with Crippen LogP contribution < -0.4 is 5.73 Å². The summed E-state index contributed by atoms with van der Waals surface area (Å²) in [5, 5.41) is 0. The van der Waals surface area contributed by atoms with E-state index in [0.29, 0.717) is 5.92 Å². The van der Waals surface area contributed by atoms with Gasteiger partial charge < -0.3 is 5.73 Å². The molecule has 0 unspecified atom stereocenters. The quantitative estimate of drug-likeness (QED) is 0.709. The molecule has 1 aliphatic carbocycles. The molecule has 0 saturated heterocycles. The number of pyridine rings is 1. The molecule has 70 valence electrons. The Hall–Kier alpha value is -0.890. The van der Waals surface area contributed by atoms with Crippen LogP contribution in [0.5, 0.6) is 0 Å². The summed E-state index contributed by atoms with van der Waals surface area (Å²) in [6.45, 7) is 6.42. The topological polar surface area (TPSA) is 38.9 Å². The zero-order valence-electron chi connectivity index (χ0n) is 8.41. The monoisotopic (exact) mass is 176 g/mol. The van der Waals surface area contributed by atoms with Crippen LogP contribution in [0.1, 0.15) is 31.2 Å². The van der Waals surface area contributed by atoms with E-state index in [1.807, 2.05) is 13.0 Å². The molecule has 1 aliphatic rings. The predicted molar refractivity (Wildman–Crippen MR) is 53.5 cm³/mol. The first kappa shape index (κ1) is 8.70. The largest absolute Gasteiger partial charge is 0.327 e. The van der Waals surface area contributed by atoms with Crippen molar-refractivity contribution in [2.45, 2.75) is 32.7 Å². The van der Waals surface area contributed by atoms with Crippen LogP contribution in [0.2, 0.25) is 0 Å². The van der Waals surface area contributed by atoms with Crippen molar-refractivity contribution in [1.29, 1.82) is 0 Å². The molecule has 0 aliphatic heterocycles. The number of hydrogen-bond acceptors (Lipinski definition) is 2. The van der Waals surface area contributed by atoms with Crippen molar-refractivity contribution in [2.24, 2.45) is 11.1 Å². The normalized spacial score (nSPS) is 30.2. The number of nitrogens with zero attached hydrogens (tertiary/aromatic N) is 1. The van der Waals surface area contributed by atoms with Gasteiger partial charge in [-0.3, -0.25) is 4.98 Å². The highest BCUT2D eigenvalue weighted by Gasteiger charge is 2.56. The van der Waals surface area contributed by atoms with E-state index in [-0.39, 0.29) is 11.5 Å². The van der Waals surface area contributed by atoms with E-state index in [0.717, 1.165) is 11.4 Å². The summed E-state index contributed by atoms with van der Waals surface area (Å²) >= 11 is 0. The first-order valence-electron chi connectivity index (χ1n) is 4.72. The second-order valence-electron chi connectivity index (χ2n) is 4.53. The first-order valence-corrected chi connectivity index (χ1v) is 4.72. The Morgan fingerprint density at radius 3 is 2.46 bits per heavy atom. The summed E-state index contributed by atoms with van der Waals surface area (Å²) < 4.78 is 0. The van der Waals surface area contributed by atoms with Crippen LogP contribution in [0.25, 0.3) is 0 Å². The molecule has 1 aromatic rings. The van der Waals surface area contributed by atoms with Gasteiger partial charge in [-0.1, -0.05) is 19.9 Å². The zero-order valence-corrected chi connectivity index (χ0v) is 8.41. The second-order valence-corrected chi connectivity index (χ2v) is 4.53. The molecular weight excluding hydrogens is 160 g/mol. The van der Waals surface area contributed by atoms with Crippen molar-refractivity contribution < 1.29 is 0 Å². The molecule has 1 saturated carbocycles. The molecule has 0 radical (unpaired) electrons. The number of hydrogen-bond donors (Lipinski definition) is 1. The minimum absolute atomic E-state index is 0.237. The van der Waals surface area contributed by atoms with Gasteiger partial charge in [-0.2, -0.15) is 0 Å². The average Bonchev–Trinajstić information content (AvgIpc) is 2.51. The number of aromatic nitrogens is 1. The lowest BCUT2D eigenvalue weighted by atomic mass is 10.1. The Bertz CT molecular complexity index is 331. The fraction of sp³-hybridized carbons (Fsp3) is 0.545. The maximum Gasteiger partial charge on any atom is 0.0459 e. The lowest BCUT2D eigenvalue weighted by molar-refractivity contribution is 0.595. The highest BCUT2D eigenvalue weighted by molar-refractivity contribution is 5.29. The standard InChI is InChI=1S/C11H16N2/c1-7-5-4-6-8(13-7)9-10(12)11(9,2)3/h4-6,9-10H,12H2,1-3H3/t9-,10-/m0/s1. The van der Waals surface area contributed by atoms with E-state index in [4.69, 9.17) is 5.73 Å². The van der Waals surface area contributed by atoms with Gasteiger partial charge in [-0.25, -0.2) is 0 Å². The molecule has 0 aromatic carbocycles. The highest BCUT2D eigenvalue weighted by atomic mass is 14.9. The highest BCUT2D eigenvalue weighted by Crippen LogP contribution is 2.56. The van der Waals surface area contributed by atoms with Crippen molar-refractivity contribution >= 4 is 0 Å². The van der Waals surface area contributed by atoms with Gasteiger partial charge in [-0.15, -0.1) is 0 Å². The van der Waals surface area contributed by atoms with Gasteiger partial charge in [0.05, 0.1) is 0 Å². The minimum Gasteiger partial charge on any atom is -0.327 e. The van der Waals surface area contributed by atoms with Crippen LogP contribution in [-0.2, 0) is 0 Å². The van der Waals surface area contributed by atoms with Crippen LogP contribution in [0, 0.1) is 12.3 Å². The Kier molecular flexibility index (Phi) is 1.70. The minimum atomic E-state index is 0.237. The van der Waals surface area contributed by atoms with Crippen LogP contribution >= 0.6 is 0 Å². The van der Waals surface area contributed by atoms with Gasteiger partial charge >= 0.3 is 0 Å². The second kappa shape index (κ2) is 2.55. The van der Waals surface area contributed by atoms with Crippen LogP contribution in [0.4, 0.5) is 0 Å². The van der Waals surface area contributed by atoms with Gasteiger partial charge in [0.25, 0.3) is 0 Å². The third-order valence-electron chi connectivity index (χ3n) is 3.14. The lowest BCUT2D eigenvalue weighted by Gasteiger charge is -2.02. The lowest BCUT2D eigenvalue weighted by Crippen LogP contribution is -2.06. The molecule has 1 heterocycles. The van der Waals surface area contributed by atoms with Crippen molar-refractivity contribution in [3.63, 3.8) is 0 Å². The molecule has 1 fully saturated rings. The van der Waals surface area contributed by atoms with Crippen LogP contribution in [0.3, 0.4) is 0 Å². The molecule has 2 heteroatoms. The molecule has 2 atom stereocenters. The fourth-order valence-corrected chi connectivity index (χ4v) is 1.98. The molecular formula is C11H16N2. The first-order chi connectivity index (χ1) is 6.03. The summed E-state index contributed by atoms with van der Waals surface area (Å²) in [5.41, 5.74) is 8.45. The SMILES string of the molecule is Cc1cccc([C@H]2[C@H](N)C2(C)C)n1. The third kappa shape index (κ3) is 1.25. The third-order valence-corrected chi connectivity index (χ3v) is 3.14. The Morgan fingerprint density at radius 1 is 1.38 bits per heavy atom. The summed E-state index contributed by atoms with van der Waals surface area (Å²) in [7, 11) is 0. The van der Waals surface area contributed by atoms with Gasteiger partial charge in [0, 0.05) is 23.3 Å². The van der Waals surface area contributed by atoms with Gasteiger partial charge in [-0.05, 0) is 24.5 Å².